The van der Waals surface area contributed by atoms with Crippen LogP contribution in [0.2, 0.25) is 7.25 Å². The van der Waals surface area contributed by atoms with Gasteiger partial charge in [-0.25, -0.2) is 0 Å². The fourth-order valence-corrected chi connectivity index (χ4v) is 16.4. The third kappa shape index (κ3) is 5.99. The third-order valence-electron chi connectivity index (χ3n) is 8.67. The van der Waals surface area contributed by atoms with Gasteiger partial charge in [0, 0.05) is 0 Å². The van der Waals surface area contributed by atoms with Crippen LogP contribution in [0.15, 0.2) is 143 Å². The molecule has 0 saturated carbocycles. The molecule has 4 aliphatic rings. The van der Waals surface area contributed by atoms with E-state index in [2.05, 4.69) is 88.5 Å². The number of rotatable bonds is 4. The number of hydrogen-bond donors (Lipinski definition) is 0. The fraction of sp³-hybridized carbons (Fsp3) is 0.216. The number of hydrogen-bond acceptors (Lipinski definition) is 0. The average molecular weight is 681 g/mol. The maximum atomic E-state index is 13.8. The zero-order valence-electron chi connectivity index (χ0n) is 24.3. The SMILES string of the molecule is CC1=CC2=C(C=CC=CC2c2ccc(F)cc2)[CH]1[Zr](=[C](C)C)[CH]1C(C)=CC2=C1C=CC=CC2c1ccc(F)cc1.Cl.Cl. The molecule has 0 aliphatic heterocycles. The molecule has 0 fully saturated rings. The molecule has 0 bridgehead atoms. The van der Waals surface area contributed by atoms with Gasteiger partial charge in [0.25, 0.3) is 0 Å². The van der Waals surface area contributed by atoms with Gasteiger partial charge in [-0.2, -0.15) is 0 Å². The summed E-state index contributed by atoms with van der Waals surface area (Å²) in [4.78, 5) is 0. The van der Waals surface area contributed by atoms with E-state index in [0.29, 0.717) is 7.25 Å². The Balaban J connectivity index is 0.00000202. The van der Waals surface area contributed by atoms with Crippen LogP contribution in [-0.2, 0) is 21.3 Å². The van der Waals surface area contributed by atoms with Crippen LogP contribution in [-0.4, -0.2) is 3.21 Å². The molecule has 0 amide bonds. The first-order valence-corrected chi connectivity index (χ1v) is 18.1. The van der Waals surface area contributed by atoms with Crippen molar-refractivity contribution < 1.29 is 30.0 Å². The molecule has 0 radical (unpaired) electrons. The average Bonchev–Trinajstić information content (AvgIpc) is 3.21. The van der Waals surface area contributed by atoms with Crippen LogP contribution in [0.4, 0.5) is 8.78 Å². The molecule has 0 spiro atoms. The second-order valence-corrected chi connectivity index (χ2v) is 19.0. The predicted molar refractivity (Wildman–Crippen MR) is 175 cm³/mol. The largest absolute Gasteiger partial charge is 0.147 e. The summed E-state index contributed by atoms with van der Waals surface area (Å²) in [5, 5.41) is 0. The van der Waals surface area contributed by atoms with Crippen molar-refractivity contribution in [3.63, 3.8) is 0 Å². The topological polar surface area (TPSA) is 0 Å². The van der Waals surface area contributed by atoms with Gasteiger partial charge in [0.1, 0.15) is 0 Å². The van der Waals surface area contributed by atoms with Crippen molar-refractivity contribution in [2.45, 2.75) is 46.8 Å². The van der Waals surface area contributed by atoms with Crippen LogP contribution >= 0.6 is 24.8 Å². The van der Waals surface area contributed by atoms with E-state index in [4.69, 9.17) is 0 Å². The molecule has 4 unspecified atom stereocenters. The minimum atomic E-state index is -2.42. The Bertz CT molecular complexity index is 1520. The number of allylic oxidation sites excluding steroid dienone is 16. The minimum absolute atomic E-state index is 0. The zero-order chi connectivity index (χ0) is 28.0. The molecule has 0 aromatic heterocycles. The molecule has 2 aromatic carbocycles. The van der Waals surface area contributed by atoms with Crippen LogP contribution in [0.3, 0.4) is 0 Å². The van der Waals surface area contributed by atoms with E-state index < -0.39 is 21.3 Å². The quantitative estimate of drug-likeness (QED) is 0.302. The maximum Gasteiger partial charge on any atom is -0.147 e. The van der Waals surface area contributed by atoms with Crippen molar-refractivity contribution in [3.8, 4) is 0 Å². The Labute approximate surface area is 268 Å². The molecule has 2 aromatic rings. The first-order valence-electron chi connectivity index (χ1n) is 14.1. The number of halogens is 4. The minimum Gasteiger partial charge on any atom is -0.147 e. The summed E-state index contributed by atoms with van der Waals surface area (Å²) in [7, 11) is 0. The Hall–Kier alpha value is -2.45. The normalized spacial score (nSPS) is 23.8. The van der Waals surface area contributed by atoms with Crippen LogP contribution in [0.5, 0.6) is 0 Å². The second-order valence-electron chi connectivity index (χ2n) is 11.5. The Kier molecular flexibility index (Phi) is 10.4. The molecular formula is C37H36Cl2F2Zr. The molecule has 0 N–H and O–H groups in total. The van der Waals surface area contributed by atoms with Crippen molar-refractivity contribution in [1.29, 1.82) is 0 Å². The van der Waals surface area contributed by atoms with Crippen molar-refractivity contribution in [1.82, 2.24) is 0 Å². The van der Waals surface area contributed by atoms with E-state index in [9.17, 15) is 8.78 Å². The van der Waals surface area contributed by atoms with Gasteiger partial charge in [-0.1, -0.05) is 0 Å². The Morgan fingerprint density at radius 1 is 0.571 bits per heavy atom. The first kappa shape index (κ1) is 32.5. The van der Waals surface area contributed by atoms with Crippen molar-refractivity contribution >= 4 is 28.0 Å². The summed E-state index contributed by atoms with van der Waals surface area (Å²) in [6, 6.07) is 14.0. The van der Waals surface area contributed by atoms with E-state index in [-0.39, 0.29) is 48.3 Å². The van der Waals surface area contributed by atoms with Gasteiger partial charge in [-0.15, -0.1) is 24.8 Å². The van der Waals surface area contributed by atoms with Crippen molar-refractivity contribution in [2.75, 3.05) is 0 Å². The van der Waals surface area contributed by atoms with Gasteiger partial charge in [0.15, 0.2) is 0 Å². The summed E-state index contributed by atoms with van der Waals surface area (Å²) in [6.45, 7) is 9.35. The predicted octanol–water partition coefficient (Wildman–Crippen LogP) is 10.8. The van der Waals surface area contributed by atoms with Crippen LogP contribution in [0.1, 0.15) is 50.7 Å². The summed E-state index contributed by atoms with van der Waals surface area (Å²) in [6.07, 6.45) is 22.7. The zero-order valence-corrected chi connectivity index (χ0v) is 28.4. The van der Waals surface area contributed by atoms with Crippen molar-refractivity contribution in [3.05, 3.63) is 165 Å². The molecule has 4 atom stereocenters. The van der Waals surface area contributed by atoms with Crippen LogP contribution in [0, 0.1) is 11.6 Å². The van der Waals surface area contributed by atoms with Gasteiger partial charge in [0.2, 0.25) is 0 Å². The smallest absolute Gasteiger partial charge is 0.147 e. The summed E-state index contributed by atoms with van der Waals surface area (Å²) < 4.78 is 30.0. The molecule has 5 heteroatoms. The number of benzene rings is 2. The van der Waals surface area contributed by atoms with Gasteiger partial charge in [0.05, 0.1) is 0 Å². The van der Waals surface area contributed by atoms with Crippen LogP contribution in [0.25, 0.3) is 0 Å². The third-order valence-corrected chi connectivity index (χ3v) is 18.3. The molecule has 0 heterocycles. The monoisotopic (exact) mass is 678 g/mol. The fourth-order valence-electron chi connectivity index (χ4n) is 6.94. The standard InChI is InChI=1S/2C17H14F.C3H6.2ClH.Zr/c2*1-12-10-14-4-2-3-5-16(17(14)11-12)13-6-8-15(18)9-7-13;1-3-2;;;/h2*2-11,16H,1H3;1-2H3;2*1H;. The molecule has 6 rings (SSSR count). The molecule has 0 saturated heterocycles. The summed E-state index contributed by atoms with van der Waals surface area (Å²) in [5.74, 6) is -0.165. The molecule has 0 nitrogen and oxygen atoms in total. The molecule has 4 aliphatic carbocycles. The van der Waals surface area contributed by atoms with E-state index in [1.807, 2.05) is 24.3 Å². The van der Waals surface area contributed by atoms with Gasteiger partial charge >= 0.3 is 246 Å². The van der Waals surface area contributed by atoms with Crippen LogP contribution < -0.4 is 0 Å². The Morgan fingerprint density at radius 2 is 0.952 bits per heavy atom. The summed E-state index contributed by atoms with van der Waals surface area (Å²) >= 11 is -2.42. The molecular weight excluding hydrogens is 645 g/mol. The first-order chi connectivity index (χ1) is 19.3. The van der Waals surface area contributed by atoms with E-state index in [1.165, 1.54) is 33.4 Å². The van der Waals surface area contributed by atoms with Gasteiger partial charge in [-0.3, -0.25) is 0 Å². The van der Waals surface area contributed by atoms with Crippen molar-refractivity contribution in [2.24, 2.45) is 0 Å². The van der Waals surface area contributed by atoms with E-state index in [1.54, 1.807) is 27.5 Å². The van der Waals surface area contributed by atoms with E-state index in [0.717, 1.165) is 11.1 Å². The molecule has 42 heavy (non-hydrogen) atoms. The maximum absolute atomic E-state index is 13.8. The van der Waals surface area contributed by atoms with Gasteiger partial charge < -0.3 is 0 Å². The second kappa shape index (κ2) is 13.5. The molecule has 216 valence electrons. The van der Waals surface area contributed by atoms with Gasteiger partial charge in [-0.05, 0) is 0 Å². The summed E-state index contributed by atoms with van der Waals surface area (Å²) in [5.41, 5.74) is 10.8. The van der Waals surface area contributed by atoms with E-state index >= 15 is 0 Å². The Morgan fingerprint density at radius 3 is 1.31 bits per heavy atom.